The molecule has 10 heavy (non-hydrogen) atoms. The van der Waals surface area contributed by atoms with E-state index in [1.165, 1.54) is 12.3 Å². The van der Waals surface area contributed by atoms with Gasteiger partial charge in [0.25, 0.3) is 5.95 Å². The van der Waals surface area contributed by atoms with Gasteiger partial charge in [0, 0.05) is 12.7 Å². The van der Waals surface area contributed by atoms with Crippen LogP contribution in [0.1, 0.15) is 0 Å². The first kappa shape index (κ1) is 7.38. The smallest absolute Gasteiger partial charge is 0.375 e. The van der Waals surface area contributed by atoms with Gasteiger partial charge in [0.1, 0.15) is 0 Å². The van der Waals surface area contributed by atoms with Gasteiger partial charge in [-0.2, -0.15) is 0 Å². The molecule has 0 saturated heterocycles. The zero-order valence-electron chi connectivity index (χ0n) is 5.35. The highest BCUT2D eigenvalue weighted by Crippen LogP contribution is 2.37. The first-order valence-electron chi connectivity index (χ1n) is 2.61. The molecule has 1 atom stereocenters. The summed E-state index contributed by atoms with van der Waals surface area (Å²) in [6.07, 6.45) is 1.37. The van der Waals surface area contributed by atoms with Crippen LogP contribution in [0.15, 0.2) is 22.8 Å². The fraction of sp³-hybridized carbons (Fsp3) is 0.200. The van der Waals surface area contributed by atoms with Crippen LogP contribution in [0.2, 0.25) is 0 Å². The highest BCUT2D eigenvalue weighted by Gasteiger charge is 2.12. The third-order valence-electron chi connectivity index (χ3n) is 0.754. The SMILES string of the molecule is CP(=O)(O)Oc1ccco1. The lowest BCUT2D eigenvalue weighted by molar-refractivity contribution is 0.331. The molecule has 0 aliphatic heterocycles. The fourth-order valence-corrected chi connectivity index (χ4v) is 0.920. The van der Waals surface area contributed by atoms with Crippen molar-refractivity contribution in [3.63, 3.8) is 0 Å². The molecule has 0 amide bonds. The molecule has 56 valence electrons. The lowest BCUT2D eigenvalue weighted by Crippen LogP contribution is -1.86. The molecular formula is C5H7O4P. The van der Waals surface area contributed by atoms with E-state index < -0.39 is 7.60 Å². The minimum absolute atomic E-state index is 0.0633. The summed E-state index contributed by atoms with van der Waals surface area (Å²) in [7, 11) is -3.45. The molecule has 1 unspecified atom stereocenters. The third kappa shape index (κ3) is 2.25. The number of furan rings is 1. The summed E-state index contributed by atoms with van der Waals surface area (Å²) in [5, 5.41) is 0. The Balaban J connectivity index is 2.66. The Morgan fingerprint density at radius 2 is 2.50 bits per heavy atom. The van der Waals surface area contributed by atoms with Gasteiger partial charge >= 0.3 is 7.60 Å². The first-order valence-corrected chi connectivity index (χ1v) is 4.64. The van der Waals surface area contributed by atoms with Crippen LogP contribution in [0, 0.1) is 0 Å². The number of hydrogen-bond donors (Lipinski definition) is 1. The summed E-state index contributed by atoms with van der Waals surface area (Å²) < 4.78 is 19.7. The molecule has 1 heterocycles. The van der Waals surface area contributed by atoms with Crippen LogP contribution in [0.25, 0.3) is 0 Å². The van der Waals surface area contributed by atoms with Crippen LogP contribution in [-0.2, 0) is 4.57 Å². The fourth-order valence-electron chi connectivity index (χ4n) is 0.482. The summed E-state index contributed by atoms with van der Waals surface area (Å²) in [4.78, 5) is 8.66. The zero-order valence-corrected chi connectivity index (χ0v) is 6.25. The average Bonchev–Trinajstić information content (AvgIpc) is 2.12. The maximum Gasteiger partial charge on any atom is 0.375 e. The van der Waals surface area contributed by atoms with Gasteiger partial charge in [-0.25, -0.2) is 4.57 Å². The minimum atomic E-state index is -3.45. The Morgan fingerprint density at radius 3 is 2.90 bits per heavy atom. The van der Waals surface area contributed by atoms with Gasteiger partial charge in [-0.15, -0.1) is 0 Å². The van der Waals surface area contributed by atoms with E-state index in [2.05, 4.69) is 8.94 Å². The van der Waals surface area contributed by atoms with E-state index in [1.54, 1.807) is 6.07 Å². The Labute approximate surface area is 58.0 Å². The van der Waals surface area contributed by atoms with E-state index in [9.17, 15) is 4.57 Å². The van der Waals surface area contributed by atoms with E-state index in [4.69, 9.17) is 4.89 Å². The normalized spacial score (nSPS) is 16.2. The molecule has 5 heteroatoms. The van der Waals surface area contributed by atoms with Crippen molar-refractivity contribution in [3.8, 4) is 5.95 Å². The van der Waals surface area contributed by atoms with E-state index in [0.717, 1.165) is 6.66 Å². The van der Waals surface area contributed by atoms with E-state index in [0.29, 0.717) is 0 Å². The van der Waals surface area contributed by atoms with Crippen molar-refractivity contribution < 1.29 is 18.4 Å². The molecule has 0 aromatic carbocycles. The summed E-state index contributed by atoms with van der Waals surface area (Å²) in [5.41, 5.74) is 0. The van der Waals surface area contributed by atoms with Crippen LogP contribution in [0.3, 0.4) is 0 Å². The van der Waals surface area contributed by atoms with Crippen molar-refractivity contribution in [2.45, 2.75) is 0 Å². The zero-order chi connectivity index (χ0) is 7.61. The first-order chi connectivity index (χ1) is 4.58. The molecule has 0 fully saturated rings. The number of hydrogen-bond acceptors (Lipinski definition) is 3. The predicted octanol–water partition coefficient (Wildman–Crippen LogP) is 1.47. The van der Waals surface area contributed by atoms with Crippen LogP contribution in [-0.4, -0.2) is 11.6 Å². The van der Waals surface area contributed by atoms with Crippen molar-refractivity contribution in [2.75, 3.05) is 6.66 Å². The van der Waals surface area contributed by atoms with E-state index in [-0.39, 0.29) is 5.95 Å². The molecule has 0 aliphatic rings. The van der Waals surface area contributed by atoms with Gasteiger partial charge in [-0.3, -0.25) is 0 Å². The molecule has 0 bridgehead atoms. The predicted molar refractivity (Wildman–Crippen MR) is 35.1 cm³/mol. The quantitative estimate of drug-likeness (QED) is 0.669. The second-order valence-electron chi connectivity index (χ2n) is 1.83. The molecule has 1 aromatic heterocycles. The molecule has 1 N–H and O–H groups in total. The Kier molecular flexibility index (Phi) is 1.83. The van der Waals surface area contributed by atoms with Crippen molar-refractivity contribution in [2.24, 2.45) is 0 Å². The number of rotatable bonds is 2. The van der Waals surface area contributed by atoms with E-state index in [1.807, 2.05) is 0 Å². The monoisotopic (exact) mass is 162 g/mol. The lowest BCUT2D eigenvalue weighted by atomic mass is 10.7. The van der Waals surface area contributed by atoms with Crippen molar-refractivity contribution in [1.29, 1.82) is 0 Å². The van der Waals surface area contributed by atoms with Crippen LogP contribution in [0.4, 0.5) is 0 Å². The van der Waals surface area contributed by atoms with Gasteiger partial charge in [0.05, 0.1) is 6.26 Å². The average molecular weight is 162 g/mol. The third-order valence-corrected chi connectivity index (χ3v) is 1.27. The second-order valence-corrected chi connectivity index (χ2v) is 3.61. The molecule has 1 aromatic rings. The van der Waals surface area contributed by atoms with Gasteiger partial charge < -0.3 is 13.8 Å². The van der Waals surface area contributed by atoms with Crippen LogP contribution in [0.5, 0.6) is 5.95 Å². The lowest BCUT2D eigenvalue weighted by Gasteiger charge is -2.02. The van der Waals surface area contributed by atoms with Crippen LogP contribution >= 0.6 is 7.60 Å². The summed E-state index contributed by atoms with van der Waals surface area (Å²) >= 11 is 0. The molecular weight excluding hydrogens is 155 g/mol. The summed E-state index contributed by atoms with van der Waals surface area (Å²) in [5.74, 6) is 0.0633. The highest BCUT2D eigenvalue weighted by molar-refractivity contribution is 7.52. The largest absolute Gasteiger partial charge is 0.434 e. The summed E-state index contributed by atoms with van der Waals surface area (Å²) in [6, 6.07) is 3.04. The van der Waals surface area contributed by atoms with Crippen molar-refractivity contribution in [1.82, 2.24) is 0 Å². The maximum absolute atomic E-state index is 10.6. The molecule has 0 spiro atoms. The topological polar surface area (TPSA) is 59.7 Å². The standard InChI is InChI=1S/C5H7O4P/c1-10(6,7)9-5-3-2-4-8-5/h2-4H,1H3,(H,6,7). The minimum Gasteiger partial charge on any atom is -0.434 e. The Hall–Kier alpha value is -0.730. The van der Waals surface area contributed by atoms with Gasteiger partial charge in [0.2, 0.25) is 0 Å². The Morgan fingerprint density at radius 1 is 1.80 bits per heavy atom. The van der Waals surface area contributed by atoms with Gasteiger partial charge in [-0.1, -0.05) is 0 Å². The second kappa shape index (κ2) is 2.48. The molecule has 1 rings (SSSR count). The molecule has 0 radical (unpaired) electrons. The maximum atomic E-state index is 10.6. The molecule has 0 saturated carbocycles. The molecule has 4 nitrogen and oxygen atoms in total. The van der Waals surface area contributed by atoms with Gasteiger partial charge in [-0.05, 0) is 6.07 Å². The highest BCUT2D eigenvalue weighted by atomic mass is 31.2. The van der Waals surface area contributed by atoms with Crippen LogP contribution < -0.4 is 4.52 Å². The van der Waals surface area contributed by atoms with Gasteiger partial charge in [0.15, 0.2) is 0 Å². The molecule has 0 aliphatic carbocycles. The summed E-state index contributed by atoms with van der Waals surface area (Å²) in [6.45, 7) is 1.09. The van der Waals surface area contributed by atoms with Crippen molar-refractivity contribution in [3.05, 3.63) is 18.4 Å². The van der Waals surface area contributed by atoms with E-state index >= 15 is 0 Å². The Bertz CT molecular complexity index is 234. The van der Waals surface area contributed by atoms with Crippen molar-refractivity contribution >= 4 is 7.60 Å².